The molecule has 0 N–H and O–H groups in total. The van der Waals surface area contributed by atoms with Gasteiger partial charge in [-0.1, -0.05) is 66.2 Å². The Morgan fingerprint density at radius 2 is 1.00 bits per heavy atom. The van der Waals surface area contributed by atoms with Gasteiger partial charge in [0.05, 0.1) is 25.2 Å². The van der Waals surface area contributed by atoms with E-state index in [4.69, 9.17) is 9.47 Å². The molecule has 2 atom stereocenters. The quantitative estimate of drug-likeness (QED) is 0.172. The van der Waals surface area contributed by atoms with Crippen molar-refractivity contribution in [2.45, 2.75) is 79.1 Å². The van der Waals surface area contributed by atoms with E-state index in [2.05, 4.69) is 13.8 Å². The fourth-order valence-electron chi connectivity index (χ4n) is 2.56. The average molecular weight is 520 g/mol. The summed E-state index contributed by atoms with van der Waals surface area (Å²) in [4.78, 5) is 42.2. The molecule has 0 aliphatic rings. The van der Waals surface area contributed by atoms with Crippen LogP contribution in [-0.2, 0) is 48.1 Å². The van der Waals surface area contributed by atoms with Gasteiger partial charge in [0, 0.05) is 12.2 Å². The molecule has 0 spiro atoms. The van der Waals surface area contributed by atoms with Gasteiger partial charge in [-0.3, -0.25) is 0 Å². The number of hydrogen-bond donors (Lipinski definition) is 0. The summed E-state index contributed by atoms with van der Waals surface area (Å²) in [5.74, 6) is -3.32. The Kier molecular flexibility index (Phi) is 26.5. The molecule has 0 aliphatic heterocycles. The van der Waals surface area contributed by atoms with Crippen LogP contribution in [0.1, 0.15) is 79.1 Å². The van der Waals surface area contributed by atoms with E-state index in [0.717, 1.165) is 63.5 Å². The Balaban J connectivity index is -0.000000529. The molecule has 8 nitrogen and oxygen atoms in total. The Hall–Kier alpha value is -2.02. The molecule has 9 heteroatoms. The number of unbranched alkanes of at least 4 members (excludes halogenated alkanes) is 2. The first kappa shape index (κ1) is 35.6. The molecule has 0 saturated carbocycles. The average Bonchev–Trinajstić information content (AvgIpc) is 2.76. The predicted molar refractivity (Wildman–Crippen MR) is 117 cm³/mol. The molecular weight excluding hydrogens is 482 g/mol. The Morgan fingerprint density at radius 3 is 1.24 bits per heavy atom. The molecule has 0 rings (SSSR count). The van der Waals surface area contributed by atoms with Gasteiger partial charge >= 0.3 is 31.4 Å². The van der Waals surface area contributed by atoms with Gasteiger partial charge in [0.1, 0.15) is 0 Å². The molecule has 0 aromatic rings. The number of aliphatic carboxylic acids is 2. The maximum atomic E-state index is 11.0. The number of carboxylic acid groups (broad SMARTS) is 2. The zero-order valence-corrected chi connectivity index (χ0v) is 23.5. The summed E-state index contributed by atoms with van der Waals surface area (Å²) in [5.41, 5.74) is 0. The van der Waals surface area contributed by atoms with Crippen LogP contribution < -0.4 is 10.2 Å². The number of carbonyl (C=O) groups is 4. The SMILES string of the molecule is CCCCC(CC)COC(=O)C=CC(=O)[O-].CCCCC(CC)COC(=O)C=CC(=O)[O-].[Zn+2]. The summed E-state index contributed by atoms with van der Waals surface area (Å²) in [6.45, 7) is 9.03. The van der Waals surface area contributed by atoms with Crippen molar-refractivity contribution in [1.29, 1.82) is 0 Å². The molecule has 0 radical (unpaired) electrons. The van der Waals surface area contributed by atoms with Gasteiger partial charge in [0.2, 0.25) is 0 Å². The van der Waals surface area contributed by atoms with Crippen molar-refractivity contribution in [3.63, 3.8) is 0 Å². The minimum atomic E-state index is -1.39. The molecule has 0 saturated heterocycles. The zero-order chi connectivity index (χ0) is 24.8. The van der Waals surface area contributed by atoms with Crippen LogP contribution in [0.4, 0.5) is 0 Å². The molecule has 0 aromatic heterocycles. The van der Waals surface area contributed by atoms with Crippen LogP contribution in [0.15, 0.2) is 24.3 Å². The zero-order valence-electron chi connectivity index (χ0n) is 20.5. The van der Waals surface area contributed by atoms with Crippen LogP contribution >= 0.6 is 0 Å². The van der Waals surface area contributed by atoms with E-state index in [9.17, 15) is 29.4 Å². The standard InChI is InChI=1S/2C12H20O4.Zn/c2*1-3-5-6-10(4-2)9-16-12(15)8-7-11(13)14;/h2*7-8,10H,3-6,9H2,1-2H3,(H,13,14);/q;;+2/p-2. The maximum Gasteiger partial charge on any atom is 2.00 e. The summed E-state index contributed by atoms with van der Waals surface area (Å²) in [5, 5.41) is 20.1. The van der Waals surface area contributed by atoms with Crippen LogP contribution in [0.3, 0.4) is 0 Å². The van der Waals surface area contributed by atoms with Crippen molar-refractivity contribution >= 4 is 23.9 Å². The van der Waals surface area contributed by atoms with E-state index >= 15 is 0 Å². The maximum absolute atomic E-state index is 11.0. The van der Waals surface area contributed by atoms with E-state index in [0.29, 0.717) is 37.2 Å². The summed E-state index contributed by atoms with van der Waals surface area (Å²) >= 11 is 0. The van der Waals surface area contributed by atoms with E-state index < -0.39 is 23.9 Å². The normalized spacial score (nSPS) is 12.2. The fourth-order valence-corrected chi connectivity index (χ4v) is 2.56. The smallest absolute Gasteiger partial charge is 0.545 e. The van der Waals surface area contributed by atoms with Gasteiger partial charge in [0.25, 0.3) is 0 Å². The van der Waals surface area contributed by atoms with E-state index in [1.807, 2.05) is 13.8 Å². The Labute approximate surface area is 210 Å². The molecule has 184 valence electrons. The number of hydrogen-bond acceptors (Lipinski definition) is 8. The second-order valence-corrected chi connectivity index (χ2v) is 7.40. The largest absolute Gasteiger partial charge is 2.00 e. The molecule has 2 unspecified atom stereocenters. The second-order valence-electron chi connectivity index (χ2n) is 7.40. The third kappa shape index (κ3) is 26.1. The van der Waals surface area contributed by atoms with Gasteiger partial charge < -0.3 is 29.3 Å². The van der Waals surface area contributed by atoms with Crippen LogP contribution in [-0.4, -0.2) is 37.1 Å². The van der Waals surface area contributed by atoms with Crippen molar-refractivity contribution < 1.29 is 58.3 Å². The van der Waals surface area contributed by atoms with Gasteiger partial charge in [0.15, 0.2) is 0 Å². The molecule has 0 fully saturated rings. The molecule has 0 bridgehead atoms. The van der Waals surface area contributed by atoms with Gasteiger partial charge in [-0.2, -0.15) is 0 Å². The third-order valence-electron chi connectivity index (χ3n) is 4.72. The van der Waals surface area contributed by atoms with Crippen LogP contribution in [0, 0.1) is 11.8 Å². The van der Waals surface area contributed by atoms with Crippen molar-refractivity contribution in [2.24, 2.45) is 11.8 Å². The second kappa shape index (κ2) is 24.6. The van der Waals surface area contributed by atoms with Crippen molar-refractivity contribution in [3.8, 4) is 0 Å². The van der Waals surface area contributed by atoms with Gasteiger partial charge in [-0.25, -0.2) is 9.59 Å². The summed E-state index contributed by atoms with van der Waals surface area (Å²) in [6.07, 6.45) is 11.6. The number of carbonyl (C=O) groups excluding carboxylic acids is 4. The first-order chi connectivity index (χ1) is 15.2. The molecular formula is C24H38O8Zn. The van der Waals surface area contributed by atoms with Crippen molar-refractivity contribution in [2.75, 3.05) is 13.2 Å². The van der Waals surface area contributed by atoms with Gasteiger partial charge in [-0.05, 0) is 36.8 Å². The molecule has 0 aromatic carbocycles. The Morgan fingerprint density at radius 1 is 0.667 bits per heavy atom. The Bertz CT molecular complexity index is 549. The first-order valence-corrected chi connectivity index (χ1v) is 11.3. The summed E-state index contributed by atoms with van der Waals surface area (Å²) in [6, 6.07) is 0. The minimum Gasteiger partial charge on any atom is -0.545 e. The molecule has 0 aliphatic carbocycles. The number of rotatable bonds is 16. The monoisotopic (exact) mass is 518 g/mol. The fraction of sp³-hybridized carbons (Fsp3) is 0.667. The van der Waals surface area contributed by atoms with Crippen LogP contribution in [0.2, 0.25) is 0 Å². The van der Waals surface area contributed by atoms with Crippen molar-refractivity contribution in [1.82, 2.24) is 0 Å². The summed E-state index contributed by atoms with van der Waals surface area (Å²) < 4.78 is 9.85. The van der Waals surface area contributed by atoms with E-state index in [1.54, 1.807) is 0 Å². The van der Waals surface area contributed by atoms with E-state index in [1.165, 1.54) is 0 Å². The predicted octanol–water partition coefficient (Wildman–Crippen LogP) is 2.10. The minimum absolute atomic E-state index is 0. The first-order valence-electron chi connectivity index (χ1n) is 11.3. The summed E-state index contributed by atoms with van der Waals surface area (Å²) in [7, 11) is 0. The third-order valence-corrected chi connectivity index (χ3v) is 4.72. The van der Waals surface area contributed by atoms with Crippen molar-refractivity contribution in [3.05, 3.63) is 24.3 Å². The topological polar surface area (TPSA) is 133 Å². The number of ether oxygens (including phenoxy) is 2. The van der Waals surface area contributed by atoms with Crippen LogP contribution in [0.5, 0.6) is 0 Å². The molecule has 0 amide bonds. The van der Waals surface area contributed by atoms with Crippen LogP contribution in [0.25, 0.3) is 0 Å². The molecule has 33 heavy (non-hydrogen) atoms. The number of carboxylic acids is 2. The van der Waals surface area contributed by atoms with Gasteiger partial charge in [-0.15, -0.1) is 0 Å². The van der Waals surface area contributed by atoms with E-state index in [-0.39, 0.29) is 19.5 Å². The molecule has 0 heterocycles. The number of esters is 2.